The number of anilines is 1. The van der Waals surface area contributed by atoms with Crippen molar-refractivity contribution in [2.45, 2.75) is 39.7 Å². The Kier molecular flexibility index (Phi) is 5.06. The van der Waals surface area contributed by atoms with Gasteiger partial charge >= 0.3 is 5.97 Å². The van der Waals surface area contributed by atoms with Gasteiger partial charge in [0.1, 0.15) is 11.4 Å². The summed E-state index contributed by atoms with van der Waals surface area (Å²) in [6.45, 7) is 11.7. The van der Waals surface area contributed by atoms with Crippen molar-refractivity contribution in [3.8, 4) is 0 Å². The van der Waals surface area contributed by atoms with Gasteiger partial charge in [0.15, 0.2) is 0 Å². The maximum Gasteiger partial charge on any atom is 0.310 e. The summed E-state index contributed by atoms with van der Waals surface area (Å²) in [4.78, 5) is 21.2. The first-order chi connectivity index (χ1) is 10.2. The van der Waals surface area contributed by atoms with E-state index in [1.54, 1.807) is 0 Å². The fraction of sp³-hybridized carbons (Fsp3) is 0.647. The Balaban J connectivity index is 2.08. The van der Waals surface area contributed by atoms with Crippen LogP contribution in [0.2, 0.25) is 0 Å². The molecule has 2 rings (SSSR count). The molecular weight excluding hydrogens is 278 g/mol. The van der Waals surface area contributed by atoms with E-state index < -0.39 is 5.60 Å². The van der Waals surface area contributed by atoms with Crippen LogP contribution in [0, 0.1) is 6.92 Å². The summed E-state index contributed by atoms with van der Waals surface area (Å²) >= 11 is 0. The van der Waals surface area contributed by atoms with E-state index in [0.717, 1.165) is 43.1 Å². The first kappa shape index (κ1) is 16.7. The molecule has 0 aliphatic carbocycles. The summed E-state index contributed by atoms with van der Waals surface area (Å²) < 4.78 is 5.42. The summed E-state index contributed by atoms with van der Waals surface area (Å²) in [5, 5.41) is 0. The molecule has 0 radical (unpaired) electrons. The van der Waals surface area contributed by atoms with Crippen molar-refractivity contribution in [2.24, 2.45) is 0 Å². The average Bonchev–Trinajstić information content (AvgIpc) is 2.40. The van der Waals surface area contributed by atoms with Crippen molar-refractivity contribution >= 4 is 11.8 Å². The van der Waals surface area contributed by atoms with E-state index in [1.807, 2.05) is 40.0 Å². The minimum atomic E-state index is -0.446. The molecule has 1 aromatic heterocycles. The highest BCUT2D eigenvalue weighted by atomic mass is 16.6. The van der Waals surface area contributed by atoms with E-state index in [9.17, 15) is 4.79 Å². The second-order valence-corrected chi connectivity index (χ2v) is 7.02. The third-order valence-electron chi connectivity index (χ3n) is 3.78. The number of ether oxygens (including phenoxy) is 1. The van der Waals surface area contributed by atoms with E-state index in [1.165, 1.54) is 0 Å². The normalized spacial score (nSPS) is 16.7. The maximum atomic E-state index is 12.0. The average molecular weight is 305 g/mol. The van der Waals surface area contributed by atoms with Crippen molar-refractivity contribution in [1.29, 1.82) is 0 Å². The van der Waals surface area contributed by atoms with Gasteiger partial charge in [-0.3, -0.25) is 4.79 Å². The number of aryl methyl sites for hydroxylation is 1. The number of likely N-dealkylation sites (N-methyl/N-ethyl adjacent to an activating group) is 1. The van der Waals surface area contributed by atoms with E-state index in [0.29, 0.717) is 6.42 Å². The quantitative estimate of drug-likeness (QED) is 0.800. The summed E-state index contributed by atoms with van der Waals surface area (Å²) in [6, 6.07) is 2.03. The molecule has 0 N–H and O–H groups in total. The van der Waals surface area contributed by atoms with Crippen molar-refractivity contribution in [1.82, 2.24) is 9.88 Å². The number of hydrogen-bond donors (Lipinski definition) is 0. The van der Waals surface area contributed by atoms with Gasteiger partial charge in [-0.2, -0.15) is 0 Å². The molecule has 0 aromatic carbocycles. The number of pyridine rings is 1. The van der Waals surface area contributed by atoms with Crippen LogP contribution in [-0.4, -0.2) is 54.7 Å². The largest absolute Gasteiger partial charge is 0.460 e. The highest BCUT2D eigenvalue weighted by Gasteiger charge is 2.19. The van der Waals surface area contributed by atoms with Crippen LogP contribution in [0.3, 0.4) is 0 Å². The molecule has 22 heavy (non-hydrogen) atoms. The number of aromatic nitrogens is 1. The molecule has 0 amide bonds. The topological polar surface area (TPSA) is 45.7 Å². The highest BCUT2D eigenvalue weighted by molar-refractivity contribution is 5.73. The molecule has 5 nitrogen and oxygen atoms in total. The maximum absolute atomic E-state index is 12.0. The molecule has 0 saturated carbocycles. The van der Waals surface area contributed by atoms with Gasteiger partial charge in [0.2, 0.25) is 0 Å². The van der Waals surface area contributed by atoms with Crippen LogP contribution >= 0.6 is 0 Å². The number of nitrogens with zero attached hydrogens (tertiary/aromatic N) is 3. The van der Waals surface area contributed by atoms with Crippen molar-refractivity contribution < 1.29 is 9.53 Å². The lowest BCUT2D eigenvalue weighted by Gasteiger charge is -2.33. The zero-order valence-electron chi connectivity index (χ0n) is 14.3. The third kappa shape index (κ3) is 4.70. The molecule has 1 saturated heterocycles. The van der Waals surface area contributed by atoms with Gasteiger partial charge in [-0.05, 0) is 51.9 Å². The minimum absolute atomic E-state index is 0.189. The van der Waals surface area contributed by atoms with E-state index >= 15 is 0 Å². The molecule has 1 aromatic rings. The van der Waals surface area contributed by atoms with Gasteiger partial charge in [0, 0.05) is 32.4 Å². The Labute approximate surface area is 133 Å². The number of carbonyl (C=O) groups excluding carboxylic acids is 1. The summed E-state index contributed by atoms with van der Waals surface area (Å²) in [6.07, 6.45) is 2.15. The zero-order valence-corrected chi connectivity index (χ0v) is 14.3. The molecule has 0 atom stereocenters. The molecule has 5 heteroatoms. The number of hydrogen-bond acceptors (Lipinski definition) is 5. The van der Waals surface area contributed by atoms with Gasteiger partial charge in [-0.15, -0.1) is 0 Å². The Morgan fingerprint density at radius 1 is 1.27 bits per heavy atom. The lowest BCUT2D eigenvalue weighted by atomic mass is 10.1. The van der Waals surface area contributed by atoms with Crippen LogP contribution in [-0.2, 0) is 16.0 Å². The zero-order chi connectivity index (χ0) is 16.3. The van der Waals surface area contributed by atoms with E-state index in [2.05, 4.69) is 21.8 Å². The van der Waals surface area contributed by atoms with Gasteiger partial charge in [-0.1, -0.05) is 0 Å². The molecule has 1 fully saturated rings. The fourth-order valence-electron chi connectivity index (χ4n) is 2.48. The molecule has 1 aliphatic heterocycles. The second-order valence-electron chi connectivity index (χ2n) is 7.02. The SMILES string of the molecule is Cc1cnc(N2CCN(C)CC2)cc1CC(=O)OC(C)(C)C. The highest BCUT2D eigenvalue weighted by Crippen LogP contribution is 2.19. The molecule has 0 unspecified atom stereocenters. The third-order valence-corrected chi connectivity index (χ3v) is 3.78. The van der Waals surface area contributed by atoms with Gasteiger partial charge in [-0.25, -0.2) is 4.98 Å². The predicted octanol–water partition coefficient (Wildman–Crippen LogP) is 2.03. The van der Waals surface area contributed by atoms with Crippen molar-refractivity contribution in [3.05, 3.63) is 23.4 Å². The number of rotatable bonds is 3. The van der Waals surface area contributed by atoms with E-state index in [4.69, 9.17) is 4.74 Å². The smallest absolute Gasteiger partial charge is 0.310 e. The lowest BCUT2D eigenvalue weighted by molar-refractivity contribution is -0.153. The number of esters is 1. The Bertz CT molecular complexity index is 529. The Hall–Kier alpha value is -1.62. The first-order valence-electron chi connectivity index (χ1n) is 7.85. The van der Waals surface area contributed by atoms with Gasteiger partial charge in [0.25, 0.3) is 0 Å². The molecular formula is C17H27N3O2. The Morgan fingerprint density at radius 3 is 2.50 bits per heavy atom. The Morgan fingerprint density at radius 2 is 1.91 bits per heavy atom. The van der Waals surface area contributed by atoms with Crippen LogP contribution in [0.15, 0.2) is 12.3 Å². The van der Waals surface area contributed by atoms with Crippen LogP contribution in [0.5, 0.6) is 0 Å². The lowest BCUT2D eigenvalue weighted by Crippen LogP contribution is -2.44. The van der Waals surface area contributed by atoms with E-state index in [-0.39, 0.29) is 5.97 Å². The fourth-order valence-corrected chi connectivity index (χ4v) is 2.48. The van der Waals surface area contributed by atoms with Crippen molar-refractivity contribution in [2.75, 3.05) is 38.1 Å². The minimum Gasteiger partial charge on any atom is -0.460 e. The van der Waals surface area contributed by atoms with Crippen molar-refractivity contribution in [3.63, 3.8) is 0 Å². The summed E-state index contributed by atoms with van der Waals surface area (Å²) in [5.74, 6) is 0.767. The summed E-state index contributed by atoms with van der Waals surface area (Å²) in [5.41, 5.74) is 1.58. The predicted molar refractivity (Wildman–Crippen MR) is 88.2 cm³/mol. The van der Waals surface area contributed by atoms with Crippen LogP contribution in [0.25, 0.3) is 0 Å². The monoisotopic (exact) mass is 305 g/mol. The van der Waals surface area contributed by atoms with Gasteiger partial charge in [0.05, 0.1) is 6.42 Å². The van der Waals surface area contributed by atoms with Crippen LogP contribution in [0.1, 0.15) is 31.9 Å². The standard InChI is InChI=1S/C17H27N3O2/c1-13-12-18-15(20-8-6-19(5)7-9-20)10-14(13)11-16(21)22-17(2,3)4/h10,12H,6-9,11H2,1-5H3. The molecule has 0 bridgehead atoms. The number of carbonyl (C=O) groups is 1. The second kappa shape index (κ2) is 6.65. The molecule has 1 aliphatic rings. The van der Waals surface area contributed by atoms with Crippen LogP contribution in [0.4, 0.5) is 5.82 Å². The van der Waals surface area contributed by atoms with Crippen LogP contribution < -0.4 is 4.90 Å². The molecule has 122 valence electrons. The summed E-state index contributed by atoms with van der Waals surface area (Å²) in [7, 11) is 2.13. The molecule has 2 heterocycles. The molecule has 0 spiro atoms. The number of piperazine rings is 1. The first-order valence-corrected chi connectivity index (χ1v) is 7.85. The van der Waals surface area contributed by atoms with Gasteiger partial charge < -0.3 is 14.5 Å².